The average Bonchev–Trinajstić information content (AvgIpc) is 3.27. The number of aliphatic hydroxyl groups excluding tert-OH is 2. The van der Waals surface area contributed by atoms with Crippen LogP contribution in [0, 0.1) is 11.2 Å². The fourth-order valence-corrected chi connectivity index (χ4v) is 3.79. The molecule has 5 N–H and O–H groups in total. The van der Waals surface area contributed by atoms with Crippen LogP contribution in [0.25, 0.3) is 27.7 Å². The molecule has 11 heteroatoms. The number of nitrogens with one attached hydrogen (secondary N) is 1. The van der Waals surface area contributed by atoms with Gasteiger partial charge in [0, 0.05) is 22.7 Å². The molecule has 1 unspecified atom stereocenters. The van der Waals surface area contributed by atoms with Gasteiger partial charge < -0.3 is 21.3 Å². The first kappa shape index (κ1) is 24.2. The van der Waals surface area contributed by atoms with E-state index in [1.807, 2.05) is 0 Å². The number of pyridine rings is 1. The molecule has 0 aliphatic carbocycles. The Morgan fingerprint density at radius 1 is 1.23 bits per heavy atom. The normalized spacial score (nSPS) is 12.7. The van der Waals surface area contributed by atoms with Crippen LogP contribution in [0.2, 0.25) is 0 Å². The van der Waals surface area contributed by atoms with Crippen LogP contribution < -0.4 is 11.1 Å². The Morgan fingerprint density at radius 2 is 1.94 bits per heavy atom. The highest BCUT2D eigenvalue weighted by molar-refractivity contribution is 6.00. The van der Waals surface area contributed by atoms with Gasteiger partial charge in [-0.05, 0) is 45.0 Å². The Balaban J connectivity index is 1.86. The quantitative estimate of drug-likeness (QED) is 0.293. The zero-order valence-corrected chi connectivity index (χ0v) is 19.4. The number of Topliss-reactive ketones (excluding diaryl/α,β-unsaturated/α-hetero) is 1. The van der Waals surface area contributed by atoms with Crippen molar-refractivity contribution in [2.45, 2.75) is 26.8 Å². The van der Waals surface area contributed by atoms with Crippen molar-refractivity contribution in [3.63, 3.8) is 0 Å². The lowest BCUT2D eigenvalue weighted by Gasteiger charge is -2.26. The number of rotatable bonds is 7. The number of aliphatic hydroxyl groups is 2. The van der Waals surface area contributed by atoms with E-state index in [1.165, 1.54) is 36.7 Å². The van der Waals surface area contributed by atoms with Crippen molar-refractivity contribution in [2.24, 2.45) is 5.41 Å². The van der Waals surface area contributed by atoms with Crippen LogP contribution >= 0.6 is 0 Å². The maximum Gasteiger partial charge on any atom is 0.231 e. The third kappa shape index (κ3) is 4.19. The molecule has 10 nitrogen and oxygen atoms in total. The number of hydrogen-bond acceptors (Lipinski definition) is 8. The van der Waals surface area contributed by atoms with Crippen LogP contribution in [0.15, 0.2) is 36.7 Å². The Kier molecular flexibility index (Phi) is 6.22. The molecular weight excluding hydrogens is 455 g/mol. The Hall–Kier alpha value is -3.96. The third-order valence-electron chi connectivity index (χ3n) is 6.02. The standard InChI is InChI=1S/C24H25FN6O4/c1-12(29-23(35)24(3,10-32)11-33)20-19(13(2)34)21(26)31-22(30-20)17(9-28-31)15-6-14-7-16(25)4-5-18(14)27-8-15/h4-9,12,32-33H,10-11,26H2,1-3H3,(H,29,35). The Morgan fingerprint density at radius 3 is 2.60 bits per heavy atom. The molecule has 0 bridgehead atoms. The van der Waals surface area contributed by atoms with E-state index in [9.17, 15) is 24.2 Å². The summed E-state index contributed by atoms with van der Waals surface area (Å²) in [4.78, 5) is 34.2. The van der Waals surface area contributed by atoms with Crippen molar-refractivity contribution < 1.29 is 24.2 Å². The first-order valence-electron chi connectivity index (χ1n) is 10.9. The number of hydrogen-bond donors (Lipinski definition) is 4. The SMILES string of the molecule is CC(=O)c1c(C(C)NC(=O)C(C)(CO)CO)nc2c(-c3cnc4ccc(F)cc4c3)cnn2c1N. The van der Waals surface area contributed by atoms with Crippen molar-refractivity contribution in [2.75, 3.05) is 18.9 Å². The number of carbonyl (C=O) groups excluding carboxylic acids is 2. The van der Waals surface area contributed by atoms with E-state index in [4.69, 9.17) is 5.73 Å². The second-order valence-electron chi connectivity index (χ2n) is 8.74. The second kappa shape index (κ2) is 9.01. The molecule has 0 saturated carbocycles. The molecule has 0 fully saturated rings. The zero-order valence-electron chi connectivity index (χ0n) is 19.4. The van der Waals surface area contributed by atoms with E-state index >= 15 is 0 Å². The number of anilines is 1. The van der Waals surface area contributed by atoms with Gasteiger partial charge in [-0.2, -0.15) is 9.61 Å². The van der Waals surface area contributed by atoms with Gasteiger partial charge in [-0.3, -0.25) is 14.6 Å². The molecule has 1 atom stereocenters. The van der Waals surface area contributed by atoms with Crippen molar-refractivity contribution in [3.8, 4) is 11.1 Å². The highest BCUT2D eigenvalue weighted by Crippen LogP contribution is 2.31. The molecule has 35 heavy (non-hydrogen) atoms. The van der Waals surface area contributed by atoms with Gasteiger partial charge in [0.05, 0.1) is 47.6 Å². The van der Waals surface area contributed by atoms with Gasteiger partial charge in [0.2, 0.25) is 5.91 Å². The van der Waals surface area contributed by atoms with Gasteiger partial charge in [0.1, 0.15) is 11.6 Å². The summed E-state index contributed by atoms with van der Waals surface area (Å²) in [5.74, 6) is -1.34. The minimum atomic E-state index is -1.42. The summed E-state index contributed by atoms with van der Waals surface area (Å²) in [5, 5.41) is 26.7. The topological polar surface area (TPSA) is 156 Å². The third-order valence-corrected chi connectivity index (χ3v) is 6.02. The number of fused-ring (bicyclic) bond motifs is 2. The number of halogens is 1. The molecular formula is C24H25FN6O4. The smallest absolute Gasteiger partial charge is 0.231 e. The summed E-state index contributed by atoms with van der Waals surface area (Å²) < 4.78 is 15.1. The number of nitrogens with two attached hydrogens (primary N) is 1. The monoisotopic (exact) mass is 480 g/mol. The van der Waals surface area contributed by atoms with E-state index < -0.39 is 36.4 Å². The minimum absolute atomic E-state index is 0.0386. The summed E-state index contributed by atoms with van der Waals surface area (Å²) >= 11 is 0. The molecule has 0 saturated heterocycles. The van der Waals surface area contributed by atoms with E-state index in [0.29, 0.717) is 27.7 Å². The van der Waals surface area contributed by atoms with Crippen molar-refractivity contribution in [1.82, 2.24) is 24.9 Å². The summed E-state index contributed by atoms with van der Waals surface area (Å²) in [6.45, 7) is 3.22. The molecule has 3 aromatic heterocycles. The molecule has 3 heterocycles. The summed E-state index contributed by atoms with van der Waals surface area (Å²) in [6, 6.07) is 5.23. The maximum atomic E-state index is 13.7. The highest BCUT2D eigenvalue weighted by atomic mass is 19.1. The maximum absolute atomic E-state index is 13.7. The van der Waals surface area contributed by atoms with Gasteiger partial charge in [-0.25, -0.2) is 9.37 Å². The van der Waals surface area contributed by atoms with Gasteiger partial charge in [0.25, 0.3) is 0 Å². The van der Waals surface area contributed by atoms with E-state index in [2.05, 4.69) is 20.4 Å². The summed E-state index contributed by atoms with van der Waals surface area (Å²) in [5.41, 5.74) is 7.26. The number of nitrogens with zero attached hydrogens (tertiary/aromatic N) is 4. The number of benzene rings is 1. The molecule has 4 aromatic rings. The highest BCUT2D eigenvalue weighted by Gasteiger charge is 2.34. The number of nitrogen functional groups attached to an aromatic ring is 1. The minimum Gasteiger partial charge on any atom is -0.395 e. The molecule has 4 rings (SSSR count). The van der Waals surface area contributed by atoms with Crippen LogP contribution in [0.1, 0.15) is 42.9 Å². The predicted octanol–water partition coefficient (Wildman–Crippen LogP) is 2.04. The fourth-order valence-electron chi connectivity index (χ4n) is 3.79. The number of ketones is 1. The zero-order chi connectivity index (χ0) is 25.5. The van der Waals surface area contributed by atoms with Gasteiger partial charge in [0.15, 0.2) is 11.4 Å². The van der Waals surface area contributed by atoms with Crippen LogP contribution in [0.4, 0.5) is 10.2 Å². The van der Waals surface area contributed by atoms with Gasteiger partial charge in [-0.15, -0.1) is 0 Å². The van der Waals surface area contributed by atoms with Crippen LogP contribution in [-0.2, 0) is 4.79 Å². The largest absolute Gasteiger partial charge is 0.395 e. The van der Waals surface area contributed by atoms with Crippen molar-refractivity contribution >= 4 is 34.1 Å². The molecule has 0 aliphatic rings. The lowest BCUT2D eigenvalue weighted by Crippen LogP contribution is -2.45. The first-order chi connectivity index (χ1) is 16.6. The van der Waals surface area contributed by atoms with E-state index in [0.717, 1.165) is 0 Å². The molecule has 182 valence electrons. The first-order valence-corrected chi connectivity index (χ1v) is 10.9. The number of aromatic nitrogens is 4. The van der Waals surface area contributed by atoms with Crippen molar-refractivity contribution in [3.05, 3.63) is 53.7 Å². The van der Waals surface area contributed by atoms with Gasteiger partial charge in [-0.1, -0.05) is 0 Å². The molecule has 0 radical (unpaired) electrons. The molecule has 1 amide bonds. The fraction of sp³-hybridized carbons (Fsp3) is 0.292. The van der Waals surface area contributed by atoms with E-state index in [-0.39, 0.29) is 22.9 Å². The Labute approximate surface area is 199 Å². The summed E-state index contributed by atoms with van der Waals surface area (Å²) in [6.07, 6.45) is 3.12. The Bertz CT molecular complexity index is 1460. The lowest BCUT2D eigenvalue weighted by molar-refractivity contribution is -0.135. The molecule has 0 aliphatic heterocycles. The lowest BCUT2D eigenvalue weighted by atomic mass is 9.91. The molecule has 0 spiro atoms. The molecule has 1 aromatic carbocycles. The van der Waals surface area contributed by atoms with Crippen LogP contribution in [0.3, 0.4) is 0 Å². The van der Waals surface area contributed by atoms with Gasteiger partial charge >= 0.3 is 0 Å². The summed E-state index contributed by atoms with van der Waals surface area (Å²) in [7, 11) is 0. The predicted molar refractivity (Wildman–Crippen MR) is 127 cm³/mol. The van der Waals surface area contributed by atoms with E-state index in [1.54, 1.807) is 25.3 Å². The number of carbonyl (C=O) groups is 2. The van der Waals surface area contributed by atoms with Crippen LogP contribution in [-0.4, -0.2) is 54.7 Å². The van der Waals surface area contributed by atoms with Crippen molar-refractivity contribution in [1.29, 1.82) is 0 Å². The number of amides is 1. The van der Waals surface area contributed by atoms with Crippen LogP contribution in [0.5, 0.6) is 0 Å². The second-order valence-corrected chi connectivity index (χ2v) is 8.74. The average molecular weight is 481 g/mol.